The summed E-state index contributed by atoms with van der Waals surface area (Å²) in [5, 5.41) is 11.0. The number of rotatable bonds is 1. The molecule has 1 saturated heterocycles. The van der Waals surface area contributed by atoms with Gasteiger partial charge in [-0.2, -0.15) is 0 Å². The zero-order valence-corrected chi connectivity index (χ0v) is 6.99. The van der Waals surface area contributed by atoms with Gasteiger partial charge in [0.2, 0.25) is 12.3 Å². The van der Waals surface area contributed by atoms with Gasteiger partial charge >= 0.3 is 0 Å². The average Bonchev–Trinajstić information content (AvgIpc) is 2.48. The van der Waals surface area contributed by atoms with Gasteiger partial charge in [-0.25, -0.2) is 0 Å². The molecule has 1 unspecified atom stereocenters. The smallest absolute Gasteiger partial charge is 0.219 e. The van der Waals surface area contributed by atoms with Crippen molar-refractivity contribution in [3.05, 3.63) is 12.3 Å². The first kappa shape index (κ1) is 7.73. The van der Waals surface area contributed by atoms with E-state index in [1.54, 1.807) is 0 Å². The lowest BCUT2D eigenvalue weighted by molar-refractivity contribution is 0.424. The Hall–Kier alpha value is -0.900. The van der Waals surface area contributed by atoms with E-state index in [0.29, 0.717) is 5.92 Å². The molecule has 0 bridgehead atoms. The van der Waals surface area contributed by atoms with Gasteiger partial charge in [0.25, 0.3) is 0 Å². The van der Waals surface area contributed by atoms with Gasteiger partial charge in [-0.3, -0.25) is 0 Å². The Morgan fingerprint density at radius 1 is 1.42 bits per heavy atom. The van der Waals surface area contributed by atoms with Gasteiger partial charge < -0.3 is 9.73 Å². The Morgan fingerprint density at radius 2 is 2.42 bits per heavy atom. The maximum absolute atomic E-state index is 5.18. The van der Waals surface area contributed by atoms with Gasteiger partial charge in [-0.1, -0.05) is 0 Å². The highest BCUT2D eigenvalue weighted by Gasteiger charge is 2.17. The molecule has 0 amide bonds. The number of nitrogens with zero attached hydrogens (tertiary/aromatic N) is 2. The third-order valence-corrected chi connectivity index (χ3v) is 2.30. The van der Waals surface area contributed by atoms with E-state index in [1.165, 1.54) is 12.8 Å². The molecule has 0 aliphatic carbocycles. The monoisotopic (exact) mass is 167 g/mol. The largest absolute Gasteiger partial charge is 0.428 e. The SMILES string of the molecule is c1nnc(C2CCCNCC2)o1. The lowest BCUT2D eigenvalue weighted by Crippen LogP contribution is -2.13. The summed E-state index contributed by atoms with van der Waals surface area (Å²) in [4.78, 5) is 0. The molecule has 1 fully saturated rings. The van der Waals surface area contributed by atoms with Crippen LogP contribution < -0.4 is 5.32 Å². The molecule has 0 radical (unpaired) electrons. The maximum atomic E-state index is 5.18. The second-order valence-corrected chi connectivity index (χ2v) is 3.15. The summed E-state index contributed by atoms with van der Waals surface area (Å²) in [5.41, 5.74) is 0. The van der Waals surface area contributed by atoms with E-state index in [4.69, 9.17) is 4.42 Å². The third-order valence-electron chi connectivity index (χ3n) is 2.30. The van der Waals surface area contributed by atoms with E-state index in [-0.39, 0.29) is 0 Å². The Bertz CT molecular complexity index is 214. The van der Waals surface area contributed by atoms with Crippen molar-refractivity contribution in [3.8, 4) is 0 Å². The topological polar surface area (TPSA) is 51.0 Å². The highest BCUT2D eigenvalue weighted by Crippen LogP contribution is 2.23. The minimum atomic E-state index is 0.475. The zero-order chi connectivity index (χ0) is 8.23. The highest BCUT2D eigenvalue weighted by molar-refractivity contribution is 4.89. The van der Waals surface area contributed by atoms with E-state index >= 15 is 0 Å². The molecule has 1 N–H and O–H groups in total. The van der Waals surface area contributed by atoms with Crippen molar-refractivity contribution in [2.45, 2.75) is 25.2 Å². The van der Waals surface area contributed by atoms with Crippen molar-refractivity contribution in [3.63, 3.8) is 0 Å². The fourth-order valence-electron chi connectivity index (χ4n) is 1.63. The van der Waals surface area contributed by atoms with Gasteiger partial charge in [0, 0.05) is 5.92 Å². The van der Waals surface area contributed by atoms with Gasteiger partial charge in [0.05, 0.1) is 0 Å². The molecule has 1 atom stereocenters. The molecule has 1 aromatic rings. The predicted octanol–water partition coefficient (Wildman–Crippen LogP) is 0.927. The fourth-order valence-corrected chi connectivity index (χ4v) is 1.63. The van der Waals surface area contributed by atoms with Crippen LogP contribution in [0.5, 0.6) is 0 Å². The molecule has 0 saturated carbocycles. The van der Waals surface area contributed by atoms with Crippen LogP contribution in [0.4, 0.5) is 0 Å². The van der Waals surface area contributed by atoms with Crippen LogP contribution >= 0.6 is 0 Å². The zero-order valence-electron chi connectivity index (χ0n) is 6.99. The molecule has 4 nitrogen and oxygen atoms in total. The summed E-state index contributed by atoms with van der Waals surface area (Å²) in [6.45, 7) is 2.18. The Balaban J connectivity index is 2.02. The van der Waals surface area contributed by atoms with Crippen molar-refractivity contribution in [1.82, 2.24) is 15.5 Å². The van der Waals surface area contributed by atoms with Crippen LogP contribution in [0.25, 0.3) is 0 Å². The average molecular weight is 167 g/mol. The van der Waals surface area contributed by atoms with Crippen LogP contribution in [0.1, 0.15) is 31.1 Å². The molecule has 1 aliphatic heterocycles. The molecule has 4 heteroatoms. The summed E-state index contributed by atoms with van der Waals surface area (Å²) in [7, 11) is 0. The second kappa shape index (κ2) is 3.67. The van der Waals surface area contributed by atoms with Gasteiger partial charge in [-0.05, 0) is 32.4 Å². The number of hydrogen-bond acceptors (Lipinski definition) is 4. The molecule has 1 aromatic heterocycles. The molecule has 66 valence electrons. The van der Waals surface area contributed by atoms with Gasteiger partial charge in [0.1, 0.15) is 0 Å². The van der Waals surface area contributed by atoms with Crippen LogP contribution in [0.15, 0.2) is 10.8 Å². The normalized spacial score (nSPS) is 25.2. The van der Waals surface area contributed by atoms with E-state index in [2.05, 4.69) is 15.5 Å². The number of aromatic nitrogens is 2. The van der Waals surface area contributed by atoms with Crippen molar-refractivity contribution < 1.29 is 4.42 Å². The quantitative estimate of drug-likeness (QED) is 0.676. The van der Waals surface area contributed by atoms with E-state index < -0.39 is 0 Å². The molecular formula is C8H13N3O. The summed E-state index contributed by atoms with van der Waals surface area (Å²) in [6, 6.07) is 0. The number of nitrogens with one attached hydrogen (secondary N) is 1. The van der Waals surface area contributed by atoms with Gasteiger partial charge in [0.15, 0.2) is 0 Å². The molecule has 0 spiro atoms. The first-order valence-electron chi connectivity index (χ1n) is 4.43. The van der Waals surface area contributed by atoms with Crippen LogP contribution in [0.3, 0.4) is 0 Å². The van der Waals surface area contributed by atoms with E-state index in [1.807, 2.05) is 0 Å². The van der Waals surface area contributed by atoms with Gasteiger partial charge in [-0.15, -0.1) is 10.2 Å². The Labute approximate surface area is 71.4 Å². The van der Waals surface area contributed by atoms with Crippen molar-refractivity contribution in [2.75, 3.05) is 13.1 Å². The molecule has 2 heterocycles. The minimum absolute atomic E-state index is 0.475. The third kappa shape index (κ3) is 1.64. The Kier molecular flexibility index (Phi) is 2.36. The fraction of sp³-hybridized carbons (Fsp3) is 0.750. The lowest BCUT2D eigenvalue weighted by atomic mass is 10.0. The Morgan fingerprint density at radius 3 is 3.25 bits per heavy atom. The second-order valence-electron chi connectivity index (χ2n) is 3.15. The van der Waals surface area contributed by atoms with Crippen LogP contribution in [-0.2, 0) is 0 Å². The first-order chi connectivity index (χ1) is 5.97. The molecule has 12 heavy (non-hydrogen) atoms. The van der Waals surface area contributed by atoms with Crippen LogP contribution in [-0.4, -0.2) is 23.3 Å². The van der Waals surface area contributed by atoms with Crippen molar-refractivity contribution >= 4 is 0 Å². The standard InChI is InChI=1S/C8H13N3O/c1-2-7(3-5-9-4-1)8-11-10-6-12-8/h6-7,9H,1-5H2. The lowest BCUT2D eigenvalue weighted by Gasteiger charge is -2.06. The van der Waals surface area contributed by atoms with Crippen LogP contribution in [0, 0.1) is 0 Å². The van der Waals surface area contributed by atoms with E-state index in [0.717, 1.165) is 31.8 Å². The molecule has 2 rings (SSSR count). The molecular weight excluding hydrogens is 154 g/mol. The van der Waals surface area contributed by atoms with Crippen molar-refractivity contribution in [1.29, 1.82) is 0 Å². The number of hydrogen-bond donors (Lipinski definition) is 1. The van der Waals surface area contributed by atoms with E-state index in [9.17, 15) is 0 Å². The van der Waals surface area contributed by atoms with Crippen molar-refractivity contribution in [2.24, 2.45) is 0 Å². The highest BCUT2D eigenvalue weighted by atomic mass is 16.4. The summed E-state index contributed by atoms with van der Waals surface area (Å²) in [5.74, 6) is 1.28. The summed E-state index contributed by atoms with van der Waals surface area (Å²) < 4.78 is 5.18. The molecule has 0 aromatic carbocycles. The molecule has 1 aliphatic rings. The summed E-state index contributed by atoms with van der Waals surface area (Å²) >= 11 is 0. The maximum Gasteiger partial charge on any atom is 0.219 e. The minimum Gasteiger partial charge on any atom is -0.428 e. The predicted molar refractivity (Wildman–Crippen MR) is 43.8 cm³/mol. The summed E-state index contributed by atoms with van der Waals surface area (Å²) in [6.07, 6.45) is 4.89. The van der Waals surface area contributed by atoms with Crippen LogP contribution in [0.2, 0.25) is 0 Å². The first-order valence-corrected chi connectivity index (χ1v) is 4.43.